The van der Waals surface area contributed by atoms with E-state index in [0.29, 0.717) is 16.7 Å². The molecule has 2 aromatic rings. The third-order valence-electron chi connectivity index (χ3n) is 2.89. The van der Waals surface area contributed by atoms with Crippen molar-refractivity contribution >= 4 is 22.7 Å². The van der Waals surface area contributed by atoms with E-state index in [9.17, 15) is 14.9 Å². The summed E-state index contributed by atoms with van der Waals surface area (Å²) >= 11 is 0. The number of amides is 1. The Hall–Kier alpha value is -2.90. The summed E-state index contributed by atoms with van der Waals surface area (Å²) in [5.74, 6) is 0.341. The van der Waals surface area contributed by atoms with Crippen LogP contribution in [0.5, 0.6) is 5.75 Å². The molecule has 0 aliphatic rings. The van der Waals surface area contributed by atoms with Crippen LogP contribution in [-0.2, 0) is 4.74 Å². The van der Waals surface area contributed by atoms with Crippen molar-refractivity contribution in [1.82, 2.24) is 10.3 Å². The Kier molecular flexibility index (Phi) is 5.18. The zero-order chi connectivity index (χ0) is 17.7. The minimum atomic E-state index is -0.573. The topological polar surface area (TPSA) is 104 Å². The Morgan fingerprint density at radius 2 is 2.12 bits per heavy atom. The lowest BCUT2D eigenvalue weighted by Crippen LogP contribution is -2.34. The fourth-order valence-electron chi connectivity index (χ4n) is 2.00. The molecule has 0 atom stereocenters. The molecule has 1 heterocycles. The van der Waals surface area contributed by atoms with Crippen molar-refractivity contribution in [3.8, 4) is 5.75 Å². The summed E-state index contributed by atoms with van der Waals surface area (Å²) in [6, 6.07) is 6.41. The van der Waals surface area contributed by atoms with Gasteiger partial charge in [0, 0.05) is 11.6 Å². The molecule has 0 saturated carbocycles. The van der Waals surface area contributed by atoms with Gasteiger partial charge in [0.15, 0.2) is 0 Å². The fourth-order valence-corrected chi connectivity index (χ4v) is 2.00. The van der Waals surface area contributed by atoms with Crippen molar-refractivity contribution in [2.75, 3.05) is 13.2 Å². The number of nitro benzene ring substituents is 1. The van der Waals surface area contributed by atoms with E-state index in [4.69, 9.17) is 9.47 Å². The summed E-state index contributed by atoms with van der Waals surface area (Å²) in [6.45, 7) is 5.68. The van der Waals surface area contributed by atoms with Gasteiger partial charge in [-0.1, -0.05) is 6.07 Å². The number of aromatic nitrogens is 1. The van der Waals surface area contributed by atoms with Crippen LogP contribution in [0.15, 0.2) is 30.5 Å². The van der Waals surface area contributed by atoms with Crippen molar-refractivity contribution in [1.29, 1.82) is 0 Å². The van der Waals surface area contributed by atoms with Gasteiger partial charge in [0.2, 0.25) is 0 Å². The first-order valence-electron chi connectivity index (χ1n) is 7.39. The number of hydrogen-bond acceptors (Lipinski definition) is 6. The van der Waals surface area contributed by atoms with Gasteiger partial charge in [-0.3, -0.25) is 10.1 Å². The van der Waals surface area contributed by atoms with Crippen LogP contribution in [0.25, 0.3) is 10.9 Å². The Bertz CT molecular complexity index is 755. The monoisotopic (exact) mass is 333 g/mol. The van der Waals surface area contributed by atoms with Gasteiger partial charge in [0.1, 0.15) is 23.5 Å². The lowest BCUT2D eigenvalue weighted by atomic mass is 10.2. The average molecular weight is 333 g/mol. The van der Waals surface area contributed by atoms with Gasteiger partial charge < -0.3 is 14.8 Å². The van der Waals surface area contributed by atoms with Gasteiger partial charge in [0.25, 0.3) is 5.69 Å². The van der Waals surface area contributed by atoms with Crippen molar-refractivity contribution in [3.63, 3.8) is 0 Å². The first kappa shape index (κ1) is 17.5. The maximum atomic E-state index is 11.5. The van der Waals surface area contributed by atoms with Crippen molar-refractivity contribution in [3.05, 3.63) is 40.6 Å². The maximum absolute atomic E-state index is 11.5. The van der Waals surface area contributed by atoms with Gasteiger partial charge in [0.05, 0.1) is 17.5 Å². The van der Waals surface area contributed by atoms with Crippen LogP contribution in [0.2, 0.25) is 0 Å². The molecule has 2 rings (SSSR count). The Morgan fingerprint density at radius 3 is 2.79 bits per heavy atom. The normalized spacial score (nSPS) is 11.1. The number of non-ortho nitro benzene ring substituents is 1. The Balaban J connectivity index is 1.98. The van der Waals surface area contributed by atoms with E-state index in [1.807, 2.05) is 0 Å². The average Bonchev–Trinajstić information content (AvgIpc) is 2.49. The summed E-state index contributed by atoms with van der Waals surface area (Å²) < 4.78 is 10.6. The predicted octanol–water partition coefficient (Wildman–Crippen LogP) is 3.05. The van der Waals surface area contributed by atoms with E-state index in [1.54, 1.807) is 39.0 Å². The number of rotatable bonds is 5. The first-order valence-corrected chi connectivity index (χ1v) is 7.39. The second-order valence-corrected chi connectivity index (χ2v) is 6.05. The van der Waals surface area contributed by atoms with Crippen LogP contribution >= 0.6 is 0 Å². The number of nitrogens with one attached hydrogen (secondary N) is 1. The molecule has 0 spiro atoms. The number of hydrogen-bond donors (Lipinski definition) is 1. The molecule has 1 N–H and O–H groups in total. The van der Waals surface area contributed by atoms with Gasteiger partial charge in [-0.05, 0) is 32.9 Å². The van der Waals surface area contributed by atoms with Crippen LogP contribution < -0.4 is 10.1 Å². The molecule has 24 heavy (non-hydrogen) atoms. The third kappa shape index (κ3) is 4.80. The van der Waals surface area contributed by atoms with Crippen LogP contribution in [0.4, 0.5) is 10.5 Å². The lowest BCUT2D eigenvalue weighted by Gasteiger charge is -2.19. The molecule has 8 nitrogen and oxygen atoms in total. The van der Waals surface area contributed by atoms with E-state index in [2.05, 4.69) is 10.3 Å². The molecule has 0 unspecified atom stereocenters. The molecule has 1 amide bonds. The van der Waals surface area contributed by atoms with E-state index < -0.39 is 16.6 Å². The van der Waals surface area contributed by atoms with Crippen LogP contribution in [0.3, 0.4) is 0 Å². The second kappa shape index (κ2) is 7.12. The van der Waals surface area contributed by atoms with Crippen LogP contribution in [0, 0.1) is 10.1 Å². The first-order chi connectivity index (χ1) is 11.3. The molecule has 128 valence electrons. The second-order valence-electron chi connectivity index (χ2n) is 6.05. The molecule has 8 heteroatoms. The van der Waals surface area contributed by atoms with Crippen LogP contribution in [0.1, 0.15) is 20.8 Å². The van der Waals surface area contributed by atoms with Crippen molar-refractivity contribution in [2.24, 2.45) is 0 Å². The SMILES string of the molecule is CC(C)(C)OC(=O)NCCOc1cc([N+](=O)[O-])c2ncccc2c1. The van der Waals surface area contributed by atoms with E-state index in [-0.39, 0.29) is 18.8 Å². The molecule has 0 fully saturated rings. The van der Waals surface area contributed by atoms with Crippen molar-refractivity contribution in [2.45, 2.75) is 26.4 Å². The number of alkyl carbamates (subject to hydrolysis) is 1. The quantitative estimate of drug-likeness (QED) is 0.512. The van der Waals surface area contributed by atoms with Gasteiger partial charge >= 0.3 is 6.09 Å². The zero-order valence-corrected chi connectivity index (χ0v) is 13.7. The Morgan fingerprint density at radius 1 is 1.38 bits per heavy atom. The predicted molar refractivity (Wildman–Crippen MR) is 88.1 cm³/mol. The van der Waals surface area contributed by atoms with Gasteiger partial charge in [-0.15, -0.1) is 0 Å². The standard InChI is InChI=1S/C16H19N3O5/c1-16(2,3)24-15(20)18-7-8-23-12-9-11-5-4-6-17-14(11)13(10-12)19(21)22/h4-6,9-10H,7-8H2,1-3H3,(H,18,20). The highest BCUT2D eigenvalue weighted by Crippen LogP contribution is 2.29. The lowest BCUT2D eigenvalue weighted by molar-refractivity contribution is -0.383. The minimum Gasteiger partial charge on any atom is -0.491 e. The number of carbonyl (C=O) groups is 1. The number of nitro groups is 1. The van der Waals surface area contributed by atoms with Crippen LogP contribution in [-0.4, -0.2) is 34.8 Å². The number of pyridine rings is 1. The van der Waals surface area contributed by atoms with Gasteiger partial charge in [-0.25, -0.2) is 9.78 Å². The minimum absolute atomic E-state index is 0.122. The molecular weight excluding hydrogens is 314 g/mol. The number of nitrogens with zero attached hydrogens (tertiary/aromatic N) is 2. The molecule has 0 aliphatic heterocycles. The number of benzene rings is 1. The number of carbonyl (C=O) groups excluding carboxylic acids is 1. The molecule has 1 aromatic carbocycles. The highest BCUT2D eigenvalue weighted by molar-refractivity contribution is 5.88. The summed E-state index contributed by atoms with van der Waals surface area (Å²) in [7, 11) is 0. The summed E-state index contributed by atoms with van der Waals surface area (Å²) in [4.78, 5) is 26.2. The summed E-state index contributed by atoms with van der Waals surface area (Å²) in [5, 5.41) is 14.3. The molecule has 0 radical (unpaired) electrons. The highest BCUT2D eigenvalue weighted by atomic mass is 16.6. The van der Waals surface area contributed by atoms with E-state index in [1.165, 1.54) is 12.3 Å². The molecule has 0 bridgehead atoms. The Labute approximate surface area is 138 Å². The number of fused-ring (bicyclic) bond motifs is 1. The van der Waals surface area contributed by atoms with E-state index in [0.717, 1.165) is 0 Å². The largest absolute Gasteiger partial charge is 0.491 e. The maximum Gasteiger partial charge on any atom is 0.407 e. The number of ether oxygens (including phenoxy) is 2. The molecule has 0 aliphatic carbocycles. The fraction of sp³-hybridized carbons (Fsp3) is 0.375. The smallest absolute Gasteiger partial charge is 0.407 e. The third-order valence-corrected chi connectivity index (χ3v) is 2.89. The molecular formula is C16H19N3O5. The zero-order valence-electron chi connectivity index (χ0n) is 13.7. The van der Waals surface area contributed by atoms with E-state index >= 15 is 0 Å². The van der Waals surface area contributed by atoms with Gasteiger partial charge in [-0.2, -0.15) is 0 Å². The highest BCUT2D eigenvalue weighted by Gasteiger charge is 2.17. The summed E-state index contributed by atoms with van der Waals surface area (Å²) in [6.07, 6.45) is 0.959. The molecule has 1 aromatic heterocycles. The molecule has 0 saturated heterocycles. The summed E-state index contributed by atoms with van der Waals surface area (Å²) in [5.41, 5.74) is -0.387. The van der Waals surface area contributed by atoms with Crippen molar-refractivity contribution < 1.29 is 19.2 Å².